The molecule has 0 saturated carbocycles. The van der Waals surface area contributed by atoms with Crippen LogP contribution in [0.3, 0.4) is 0 Å². The molecule has 0 aromatic carbocycles. The Labute approximate surface area is 65.2 Å². The summed E-state index contributed by atoms with van der Waals surface area (Å²) >= 11 is 0. The van der Waals surface area contributed by atoms with E-state index < -0.39 is 0 Å². The molecule has 0 aromatic heterocycles. The highest BCUT2D eigenvalue weighted by Gasteiger charge is 1.96. The third-order valence-corrected chi connectivity index (χ3v) is 1.47. The molecule has 60 valence electrons. The van der Waals surface area contributed by atoms with Crippen molar-refractivity contribution < 1.29 is 0 Å². The summed E-state index contributed by atoms with van der Waals surface area (Å²) in [7, 11) is 0. The minimum absolute atomic E-state index is 0.636. The molecular weight excluding hydrogens is 122 g/mol. The van der Waals surface area contributed by atoms with Gasteiger partial charge in [-0.2, -0.15) is 0 Å². The fourth-order valence-electron chi connectivity index (χ4n) is 0.903. The molecule has 1 atom stereocenters. The van der Waals surface area contributed by atoms with Gasteiger partial charge < -0.3 is 5.32 Å². The Kier molecular flexibility index (Phi) is 7.04. The summed E-state index contributed by atoms with van der Waals surface area (Å²) < 4.78 is 0. The molecule has 0 bridgehead atoms. The number of unbranched alkanes of at least 4 members (excludes halogenated alkanes) is 1. The molecule has 0 aliphatic rings. The summed E-state index contributed by atoms with van der Waals surface area (Å²) in [6, 6.07) is 0.636. The van der Waals surface area contributed by atoms with Crippen LogP contribution in [0.2, 0.25) is 0 Å². The molecule has 0 spiro atoms. The Balaban J connectivity index is 2.97. The van der Waals surface area contributed by atoms with Crippen LogP contribution in [-0.4, -0.2) is 6.04 Å². The summed E-state index contributed by atoms with van der Waals surface area (Å²) in [4.78, 5) is 0. The Bertz CT molecular complexity index is 61.7. The molecule has 1 heteroatoms. The summed E-state index contributed by atoms with van der Waals surface area (Å²) in [6.45, 7) is 10.3. The van der Waals surface area contributed by atoms with Gasteiger partial charge in [0.25, 0.3) is 0 Å². The van der Waals surface area contributed by atoms with E-state index in [-0.39, 0.29) is 0 Å². The molecule has 1 unspecified atom stereocenters. The minimum Gasteiger partial charge on any atom is -0.310 e. The van der Waals surface area contributed by atoms with Crippen molar-refractivity contribution in [3.8, 4) is 0 Å². The van der Waals surface area contributed by atoms with Crippen LogP contribution in [0.1, 0.15) is 39.5 Å². The SMILES string of the molecule is [CH2]CC[CH]NC(C)CCC. The van der Waals surface area contributed by atoms with Gasteiger partial charge in [-0.25, -0.2) is 0 Å². The molecule has 0 saturated heterocycles. The largest absolute Gasteiger partial charge is 0.310 e. The lowest BCUT2D eigenvalue weighted by atomic mass is 10.2. The van der Waals surface area contributed by atoms with Gasteiger partial charge in [-0.05, 0) is 19.8 Å². The van der Waals surface area contributed by atoms with Gasteiger partial charge in [-0.3, -0.25) is 0 Å². The van der Waals surface area contributed by atoms with Crippen LogP contribution < -0.4 is 5.32 Å². The second-order valence-corrected chi connectivity index (χ2v) is 2.70. The Morgan fingerprint density at radius 1 is 1.60 bits per heavy atom. The van der Waals surface area contributed by atoms with Gasteiger partial charge in [0.05, 0.1) is 0 Å². The molecule has 0 aliphatic carbocycles. The Morgan fingerprint density at radius 3 is 2.80 bits per heavy atom. The van der Waals surface area contributed by atoms with Gasteiger partial charge in [-0.1, -0.05) is 26.7 Å². The predicted molar refractivity (Wildman–Crippen MR) is 46.4 cm³/mol. The third kappa shape index (κ3) is 6.09. The Morgan fingerprint density at radius 2 is 2.30 bits per heavy atom. The summed E-state index contributed by atoms with van der Waals surface area (Å²) in [5.74, 6) is 0. The van der Waals surface area contributed by atoms with E-state index in [1.54, 1.807) is 0 Å². The fraction of sp³-hybridized carbons (Fsp3) is 0.778. The van der Waals surface area contributed by atoms with Crippen molar-refractivity contribution in [2.24, 2.45) is 0 Å². The van der Waals surface area contributed by atoms with E-state index in [1.807, 2.05) is 0 Å². The molecule has 1 nitrogen and oxygen atoms in total. The van der Waals surface area contributed by atoms with Crippen molar-refractivity contribution in [3.05, 3.63) is 13.5 Å². The monoisotopic (exact) mass is 141 g/mol. The highest BCUT2D eigenvalue weighted by molar-refractivity contribution is 4.68. The first-order valence-corrected chi connectivity index (χ1v) is 4.18. The molecule has 0 rings (SSSR count). The summed E-state index contributed by atoms with van der Waals surface area (Å²) in [6.07, 6.45) is 4.58. The number of nitrogens with one attached hydrogen (secondary N) is 1. The molecule has 0 aliphatic heterocycles. The molecule has 1 N–H and O–H groups in total. The maximum absolute atomic E-state index is 3.76. The molecule has 0 aromatic rings. The first-order valence-electron chi connectivity index (χ1n) is 4.18. The van der Waals surface area contributed by atoms with Crippen molar-refractivity contribution >= 4 is 0 Å². The summed E-state index contributed by atoms with van der Waals surface area (Å²) in [5, 5.41) is 3.32. The van der Waals surface area contributed by atoms with Gasteiger partial charge in [0, 0.05) is 12.6 Å². The van der Waals surface area contributed by atoms with Gasteiger partial charge in [0.1, 0.15) is 0 Å². The van der Waals surface area contributed by atoms with Crippen LogP contribution in [0.4, 0.5) is 0 Å². The van der Waals surface area contributed by atoms with Crippen molar-refractivity contribution in [2.75, 3.05) is 0 Å². The van der Waals surface area contributed by atoms with E-state index >= 15 is 0 Å². The maximum atomic E-state index is 3.76. The minimum atomic E-state index is 0.636. The molecule has 0 heterocycles. The maximum Gasteiger partial charge on any atom is 0.0223 e. The van der Waals surface area contributed by atoms with Gasteiger partial charge >= 0.3 is 0 Å². The average Bonchev–Trinajstić information content (AvgIpc) is 1.89. The van der Waals surface area contributed by atoms with Crippen molar-refractivity contribution in [1.29, 1.82) is 0 Å². The number of rotatable bonds is 6. The summed E-state index contributed by atoms with van der Waals surface area (Å²) in [5.41, 5.74) is 0. The van der Waals surface area contributed by atoms with E-state index in [9.17, 15) is 0 Å². The molecule has 10 heavy (non-hydrogen) atoms. The van der Waals surface area contributed by atoms with E-state index in [0.717, 1.165) is 12.8 Å². The van der Waals surface area contributed by atoms with Crippen LogP contribution in [0.5, 0.6) is 0 Å². The van der Waals surface area contributed by atoms with E-state index in [0.29, 0.717) is 6.04 Å². The lowest BCUT2D eigenvalue weighted by Gasteiger charge is -2.10. The third-order valence-electron chi connectivity index (χ3n) is 1.47. The molecule has 0 amide bonds. The zero-order valence-electron chi connectivity index (χ0n) is 7.19. The van der Waals surface area contributed by atoms with Gasteiger partial charge in [0.2, 0.25) is 0 Å². The van der Waals surface area contributed by atoms with Crippen LogP contribution in [0.15, 0.2) is 0 Å². The molecule has 2 radical (unpaired) electrons. The average molecular weight is 141 g/mol. The lowest BCUT2D eigenvalue weighted by molar-refractivity contribution is 0.543. The quantitative estimate of drug-likeness (QED) is 0.560. The second kappa shape index (κ2) is 7.07. The smallest absolute Gasteiger partial charge is 0.0223 e. The van der Waals surface area contributed by atoms with E-state index in [2.05, 4.69) is 32.6 Å². The van der Waals surface area contributed by atoms with E-state index in [1.165, 1.54) is 12.8 Å². The van der Waals surface area contributed by atoms with Crippen LogP contribution in [0.25, 0.3) is 0 Å². The van der Waals surface area contributed by atoms with E-state index in [4.69, 9.17) is 0 Å². The zero-order valence-corrected chi connectivity index (χ0v) is 7.19. The zero-order chi connectivity index (χ0) is 7.82. The predicted octanol–water partition coefficient (Wildman–Crippen LogP) is 2.54. The highest BCUT2D eigenvalue weighted by atomic mass is 14.9. The first-order chi connectivity index (χ1) is 4.81. The van der Waals surface area contributed by atoms with Crippen molar-refractivity contribution in [2.45, 2.75) is 45.6 Å². The van der Waals surface area contributed by atoms with Gasteiger partial charge in [-0.15, -0.1) is 0 Å². The van der Waals surface area contributed by atoms with Crippen LogP contribution in [0, 0.1) is 13.5 Å². The van der Waals surface area contributed by atoms with Gasteiger partial charge in [0.15, 0.2) is 0 Å². The van der Waals surface area contributed by atoms with Crippen LogP contribution in [-0.2, 0) is 0 Å². The van der Waals surface area contributed by atoms with Crippen molar-refractivity contribution in [3.63, 3.8) is 0 Å². The standard InChI is InChI=1S/C9H19N/c1-4-6-8-10-9(3)7-5-2/h8-10H,1,4-7H2,2-3H3. The number of hydrogen-bond donors (Lipinski definition) is 1. The lowest BCUT2D eigenvalue weighted by Crippen LogP contribution is -2.22. The number of hydrogen-bond acceptors (Lipinski definition) is 1. The normalized spacial score (nSPS) is 13.5. The van der Waals surface area contributed by atoms with Crippen LogP contribution >= 0.6 is 0 Å². The molecule has 0 fully saturated rings. The fourth-order valence-corrected chi connectivity index (χ4v) is 0.903. The topological polar surface area (TPSA) is 12.0 Å². The second-order valence-electron chi connectivity index (χ2n) is 2.70. The Hall–Kier alpha value is -0.0400. The highest BCUT2D eigenvalue weighted by Crippen LogP contribution is 1.97. The van der Waals surface area contributed by atoms with Crippen molar-refractivity contribution in [1.82, 2.24) is 5.32 Å². The molecular formula is C9H19N. The first kappa shape index (κ1) is 9.96.